The summed E-state index contributed by atoms with van der Waals surface area (Å²) in [6, 6.07) is 0. The number of halogens is 1. The minimum Gasteiger partial charge on any atom is -0.326 e. The minimum atomic E-state index is -0.798. The summed E-state index contributed by atoms with van der Waals surface area (Å²) in [7, 11) is 0. The van der Waals surface area contributed by atoms with Crippen LogP contribution in [0.5, 0.6) is 0 Å². The molecule has 0 spiro atoms. The first kappa shape index (κ1) is 9.71. The molecule has 3 nitrogen and oxygen atoms in total. The maximum atomic E-state index is 5.85. The Morgan fingerprint density at radius 1 is 1.15 bits per heavy atom. The van der Waals surface area contributed by atoms with Gasteiger partial charge in [0.1, 0.15) is 0 Å². The predicted octanol–water partition coefficient (Wildman–Crippen LogP) is 1.60. The van der Waals surface area contributed by atoms with Gasteiger partial charge in [-0.2, -0.15) is 0 Å². The van der Waals surface area contributed by atoms with Crippen LogP contribution in [-0.4, -0.2) is 31.7 Å². The monoisotopic (exact) mass is 206 g/mol. The Morgan fingerprint density at radius 2 is 1.62 bits per heavy atom. The molecule has 0 unspecified atom stereocenters. The average molecular weight is 207 g/mol. The second-order valence-electron chi connectivity index (χ2n) is 4.26. The highest BCUT2D eigenvalue weighted by Gasteiger charge is 2.53. The maximum Gasteiger partial charge on any atom is 0.285 e. The van der Waals surface area contributed by atoms with Crippen LogP contribution in [0.15, 0.2) is 0 Å². The van der Waals surface area contributed by atoms with Gasteiger partial charge in [-0.15, -0.1) is 11.6 Å². The van der Waals surface area contributed by atoms with Crippen molar-refractivity contribution in [1.82, 2.24) is 0 Å². The van der Waals surface area contributed by atoms with Gasteiger partial charge in [-0.05, 0) is 0 Å². The normalized spacial score (nSPS) is 44.3. The molecule has 0 aromatic rings. The smallest absolute Gasteiger partial charge is 0.285 e. The quantitative estimate of drug-likeness (QED) is 0.643. The molecule has 0 aromatic heterocycles. The molecule has 2 bridgehead atoms. The van der Waals surface area contributed by atoms with Gasteiger partial charge in [0.05, 0.1) is 25.2 Å². The third kappa shape index (κ3) is 1.38. The maximum absolute atomic E-state index is 5.85. The van der Waals surface area contributed by atoms with Gasteiger partial charge in [0, 0.05) is 11.8 Å². The van der Waals surface area contributed by atoms with E-state index in [4.69, 9.17) is 25.8 Å². The van der Waals surface area contributed by atoms with Gasteiger partial charge in [-0.3, -0.25) is 0 Å². The third-order valence-corrected chi connectivity index (χ3v) is 3.30. The van der Waals surface area contributed by atoms with Crippen molar-refractivity contribution in [3.63, 3.8) is 0 Å². The second kappa shape index (κ2) is 3.09. The van der Waals surface area contributed by atoms with Gasteiger partial charge in [0.15, 0.2) is 0 Å². The summed E-state index contributed by atoms with van der Waals surface area (Å²) in [5.41, 5.74) is -0.113. The highest BCUT2D eigenvalue weighted by atomic mass is 35.5. The molecule has 0 amide bonds. The lowest BCUT2D eigenvalue weighted by molar-refractivity contribution is -0.480. The molecule has 3 aliphatic rings. The fourth-order valence-electron chi connectivity index (χ4n) is 1.63. The number of alkyl halides is 1. The summed E-state index contributed by atoms with van der Waals surface area (Å²) in [4.78, 5) is 0. The van der Waals surface area contributed by atoms with Gasteiger partial charge in [0.25, 0.3) is 5.97 Å². The summed E-state index contributed by atoms with van der Waals surface area (Å²) >= 11 is 5.85. The van der Waals surface area contributed by atoms with E-state index in [9.17, 15) is 0 Å². The molecule has 0 atom stereocenters. The summed E-state index contributed by atoms with van der Waals surface area (Å²) < 4.78 is 16.8. The van der Waals surface area contributed by atoms with Crippen molar-refractivity contribution >= 4 is 11.6 Å². The Morgan fingerprint density at radius 3 is 1.92 bits per heavy atom. The predicted molar refractivity (Wildman–Crippen MR) is 48.6 cm³/mol. The fourth-order valence-corrected chi connectivity index (χ4v) is 1.86. The van der Waals surface area contributed by atoms with E-state index in [0.717, 1.165) is 0 Å². The van der Waals surface area contributed by atoms with E-state index >= 15 is 0 Å². The van der Waals surface area contributed by atoms with Gasteiger partial charge in [0.2, 0.25) is 0 Å². The van der Waals surface area contributed by atoms with Crippen LogP contribution in [-0.2, 0) is 14.2 Å². The first-order valence-electron chi connectivity index (χ1n) is 4.60. The lowest BCUT2D eigenvalue weighted by Gasteiger charge is -2.52. The van der Waals surface area contributed by atoms with E-state index in [2.05, 4.69) is 0 Å². The summed E-state index contributed by atoms with van der Waals surface area (Å²) in [5, 5.41) is 0. The van der Waals surface area contributed by atoms with Crippen LogP contribution >= 0.6 is 11.6 Å². The van der Waals surface area contributed by atoms with Crippen LogP contribution in [0.2, 0.25) is 0 Å². The van der Waals surface area contributed by atoms with Crippen LogP contribution in [0.4, 0.5) is 0 Å². The molecule has 3 saturated heterocycles. The van der Waals surface area contributed by atoms with Crippen LogP contribution < -0.4 is 0 Å². The van der Waals surface area contributed by atoms with Crippen molar-refractivity contribution in [3.05, 3.63) is 0 Å². The lowest BCUT2D eigenvalue weighted by Crippen LogP contribution is -2.62. The molecular formula is C9H15ClO3. The van der Waals surface area contributed by atoms with Crippen LogP contribution in [0.3, 0.4) is 0 Å². The first-order chi connectivity index (χ1) is 6.13. The fraction of sp³-hybridized carbons (Fsp3) is 1.00. The standard InChI is InChI=1S/C9H15ClO3/c1-7(2)9-11-4-8(3-10,5-12-9)6-13-9/h7H,3-6H2,1-2H3. The zero-order chi connectivity index (χ0) is 9.53. The average Bonchev–Trinajstić information content (AvgIpc) is 2.20. The van der Waals surface area contributed by atoms with Crippen molar-refractivity contribution in [2.24, 2.45) is 11.3 Å². The SMILES string of the molecule is CC(C)C12OCC(CCl)(CO1)CO2. The van der Waals surface area contributed by atoms with E-state index in [1.807, 2.05) is 13.8 Å². The van der Waals surface area contributed by atoms with E-state index in [1.165, 1.54) is 0 Å². The van der Waals surface area contributed by atoms with Crippen molar-refractivity contribution in [3.8, 4) is 0 Å². The molecule has 0 aliphatic carbocycles. The zero-order valence-corrected chi connectivity index (χ0v) is 8.76. The van der Waals surface area contributed by atoms with E-state index in [-0.39, 0.29) is 11.3 Å². The zero-order valence-electron chi connectivity index (χ0n) is 8.01. The van der Waals surface area contributed by atoms with Crippen molar-refractivity contribution in [2.75, 3.05) is 25.7 Å². The molecule has 3 rings (SSSR count). The van der Waals surface area contributed by atoms with Gasteiger partial charge in [-0.25, -0.2) is 0 Å². The van der Waals surface area contributed by atoms with Gasteiger partial charge < -0.3 is 14.2 Å². The molecule has 76 valence electrons. The van der Waals surface area contributed by atoms with Crippen LogP contribution in [0.1, 0.15) is 13.8 Å². The van der Waals surface area contributed by atoms with E-state index in [0.29, 0.717) is 25.7 Å². The molecule has 3 aliphatic heterocycles. The Bertz CT molecular complexity index is 181. The summed E-state index contributed by atoms with van der Waals surface area (Å²) in [6.45, 7) is 6.00. The van der Waals surface area contributed by atoms with E-state index < -0.39 is 5.97 Å². The lowest BCUT2D eigenvalue weighted by atomic mass is 9.90. The Balaban J connectivity index is 2.11. The largest absolute Gasteiger partial charge is 0.326 e. The Kier molecular flexibility index (Phi) is 2.31. The molecule has 4 heteroatoms. The third-order valence-electron chi connectivity index (χ3n) is 2.73. The molecule has 0 radical (unpaired) electrons. The number of ether oxygens (including phenoxy) is 3. The van der Waals surface area contributed by atoms with Gasteiger partial charge >= 0.3 is 0 Å². The van der Waals surface area contributed by atoms with E-state index in [1.54, 1.807) is 0 Å². The van der Waals surface area contributed by atoms with Crippen LogP contribution in [0, 0.1) is 11.3 Å². The molecule has 13 heavy (non-hydrogen) atoms. The number of hydrogen-bond acceptors (Lipinski definition) is 3. The number of hydrogen-bond donors (Lipinski definition) is 0. The minimum absolute atomic E-state index is 0.113. The van der Waals surface area contributed by atoms with Crippen molar-refractivity contribution in [2.45, 2.75) is 19.8 Å². The Labute approximate surface area is 83.3 Å². The van der Waals surface area contributed by atoms with Crippen LogP contribution in [0.25, 0.3) is 0 Å². The first-order valence-corrected chi connectivity index (χ1v) is 5.14. The van der Waals surface area contributed by atoms with Gasteiger partial charge in [-0.1, -0.05) is 13.8 Å². The topological polar surface area (TPSA) is 27.7 Å². The summed E-state index contributed by atoms with van der Waals surface area (Å²) in [6.07, 6.45) is 0. The molecule has 3 heterocycles. The number of rotatable bonds is 2. The molecule has 0 N–H and O–H groups in total. The Hall–Kier alpha value is 0.170. The van der Waals surface area contributed by atoms with Crippen molar-refractivity contribution < 1.29 is 14.2 Å². The summed E-state index contributed by atoms with van der Waals surface area (Å²) in [5.74, 6) is -0.0595. The molecule has 3 fully saturated rings. The second-order valence-corrected chi connectivity index (χ2v) is 4.53. The highest BCUT2D eigenvalue weighted by molar-refractivity contribution is 6.18. The molecule has 0 saturated carbocycles. The highest BCUT2D eigenvalue weighted by Crippen LogP contribution is 2.42. The molecule has 0 aromatic carbocycles. The number of fused-ring (bicyclic) bond motifs is 3. The molecular weight excluding hydrogens is 192 g/mol. The van der Waals surface area contributed by atoms with Crippen molar-refractivity contribution in [1.29, 1.82) is 0 Å².